The maximum atomic E-state index is 6.11. The number of aromatic nitrogens is 2. The molecule has 0 radical (unpaired) electrons. The predicted molar refractivity (Wildman–Crippen MR) is 95.8 cm³/mol. The van der Waals surface area contributed by atoms with Gasteiger partial charge < -0.3 is 4.74 Å². The topological polar surface area (TPSA) is 38.2 Å². The number of pyridine rings is 1. The third kappa shape index (κ3) is 3.39. The molecule has 0 bridgehead atoms. The van der Waals surface area contributed by atoms with Crippen molar-refractivity contribution in [3.05, 3.63) is 46.2 Å². The molecule has 2 aromatic rings. The number of hydrogen-bond acceptors (Lipinski definition) is 5. The lowest BCUT2D eigenvalue weighted by molar-refractivity contribution is 0.0252. The van der Waals surface area contributed by atoms with E-state index in [2.05, 4.69) is 27.2 Å². The first kappa shape index (κ1) is 16.2. The maximum Gasteiger partial charge on any atom is 0.107 e. The van der Waals surface area contributed by atoms with Gasteiger partial charge in [-0.05, 0) is 37.8 Å². The number of rotatable bonds is 6. The third-order valence-corrected chi connectivity index (χ3v) is 6.45. The normalized spacial score (nSPS) is 26.8. The Bertz CT molecular complexity index is 674. The van der Waals surface area contributed by atoms with E-state index in [9.17, 15) is 0 Å². The highest BCUT2D eigenvalue weighted by Gasteiger charge is 2.49. The Balaban J connectivity index is 1.36. The minimum Gasteiger partial charge on any atom is -0.375 e. The van der Waals surface area contributed by atoms with Crippen LogP contribution in [-0.2, 0) is 17.9 Å². The molecule has 1 saturated heterocycles. The standard InChI is InChI=1S/C19H25N3OS/c1-15-12-24-18(21-15)10-22-9-16-5-4-7-19(16,13-22)14-23-11-17-6-2-3-8-20-17/h2-3,6,8,12,16H,4-5,7,9-11,13-14H2,1H3/t16-,19+/m0/s1. The summed E-state index contributed by atoms with van der Waals surface area (Å²) in [4.78, 5) is 11.6. The number of thiazole rings is 1. The molecule has 4 nitrogen and oxygen atoms in total. The Hall–Kier alpha value is -1.30. The van der Waals surface area contributed by atoms with Crippen LogP contribution < -0.4 is 0 Å². The molecule has 128 valence electrons. The van der Waals surface area contributed by atoms with E-state index in [-0.39, 0.29) is 0 Å². The van der Waals surface area contributed by atoms with Crippen molar-refractivity contribution in [3.63, 3.8) is 0 Å². The van der Waals surface area contributed by atoms with E-state index in [1.165, 1.54) is 30.8 Å². The van der Waals surface area contributed by atoms with Crippen LogP contribution in [0.25, 0.3) is 0 Å². The molecule has 1 saturated carbocycles. The van der Waals surface area contributed by atoms with Gasteiger partial charge in [0, 0.05) is 35.8 Å². The lowest BCUT2D eigenvalue weighted by Crippen LogP contribution is -2.32. The number of fused-ring (bicyclic) bond motifs is 1. The smallest absolute Gasteiger partial charge is 0.107 e. The van der Waals surface area contributed by atoms with Gasteiger partial charge in [-0.2, -0.15) is 0 Å². The van der Waals surface area contributed by atoms with Gasteiger partial charge >= 0.3 is 0 Å². The van der Waals surface area contributed by atoms with Gasteiger partial charge in [-0.3, -0.25) is 9.88 Å². The fraction of sp³-hybridized carbons (Fsp3) is 0.579. The molecule has 2 aromatic heterocycles. The van der Waals surface area contributed by atoms with Crippen LogP contribution in [0, 0.1) is 18.3 Å². The van der Waals surface area contributed by atoms with Crippen LogP contribution in [-0.4, -0.2) is 34.6 Å². The van der Waals surface area contributed by atoms with Crippen molar-refractivity contribution in [2.24, 2.45) is 11.3 Å². The molecule has 5 heteroatoms. The quantitative estimate of drug-likeness (QED) is 0.802. The van der Waals surface area contributed by atoms with Crippen LogP contribution in [0.2, 0.25) is 0 Å². The summed E-state index contributed by atoms with van der Waals surface area (Å²) in [5.74, 6) is 0.780. The van der Waals surface area contributed by atoms with Gasteiger partial charge in [0.2, 0.25) is 0 Å². The first-order valence-electron chi connectivity index (χ1n) is 8.85. The van der Waals surface area contributed by atoms with Crippen LogP contribution >= 0.6 is 11.3 Å². The molecule has 24 heavy (non-hydrogen) atoms. The van der Waals surface area contributed by atoms with Crippen LogP contribution in [0.4, 0.5) is 0 Å². The van der Waals surface area contributed by atoms with Gasteiger partial charge in [-0.1, -0.05) is 12.5 Å². The molecule has 1 aliphatic carbocycles. The number of nitrogens with zero attached hydrogens (tertiary/aromatic N) is 3. The molecule has 0 spiro atoms. The van der Waals surface area contributed by atoms with Gasteiger partial charge in [0.05, 0.1) is 25.5 Å². The molecule has 2 aliphatic rings. The zero-order chi connectivity index (χ0) is 16.4. The van der Waals surface area contributed by atoms with E-state index < -0.39 is 0 Å². The second-order valence-corrected chi connectivity index (χ2v) is 8.26. The van der Waals surface area contributed by atoms with Gasteiger partial charge in [-0.15, -0.1) is 11.3 Å². The zero-order valence-corrected chi connectivity index (χ0v) is 15.1. The highest BCUT2D eigenvalue weighted by molar-refractivity contribution is 7.09. The number of aryl methyl sites for hydroxylation is 1. The van der Waals surface area contributed by atoms with Gasteiger partial charge in [-0.25, -0.2) is 4.98 Å². The summed E-state index contributed by atoms with van der Waals surface area (Å²) in [6.45, 7) is 6.91. The summed E-state index contributed by atoms with van der Waals surface area (Å²) in [6.07, 6.45) is 5.83. The first-order chi connectivity index (χ1) is 11.7. The summed E-state index contributed by atoms with van der Waals surface area (Å²) in [6, 6.07) is 6.01. The average Bonchev–Trinajstić information content (AvgIpc) is 3.23. The molecule has 0 amide bonds. The SMILES string of the molecule is Cc1csc(CN2C[C@@H]3CCC[C@]3(COCc3ccccn3)C2)n1. The molecule has 0 N–H and O–H groups in total. The molecule has 2 atom stereocenters. The second-order valence-electron chi connectivity index (χ2n) is 7.32. The summed E-state index contributed by atoms with van der Waals surface area (Å²) in [5, 5.41) is 3.40. The molecule has 0 aromatic carbocycles. The number of ether oxygens (including phenoxy) is 1. The molecule has 4 rings (SSSR count). The van der Waals surface area contributed by atoms with Crippen molar-refractivity contribution >= 4 is 11.3 Å². The van der Waals surface area contributed by atoms with Crippen LogP contribution in [0.3, 0.4) is 0 Å². The minimum atomic E-state index is 0.348. The summed E-state index contributed by atoms with van der Waals surface area (Å²) < 4.78 is 6.11. The largest absolute Gasteiger partial charge is 0.375 e. The predicted octanol–water partition coefficient (Wildman–Crippen LogP) is 3.67. The molecule has 1 aliphatic heterocycles. The van der Waals surface area contributed by atoms with Crippen molar-refractivity contribution < 1.29 is 4.74 Å². The Morgan fingerprint density at radius 2 is 2.38 bits per heavy atom. The molecule has 0 unspecified atom stereocenters. The zero-order valence-electron chi connectivity index (χ0n) is 14.3. The maximum absolute atomic E-state index is 6.11. The monoisotopic (exact) mass is 343 g/mol. The fourth-order valence-electron chi connectivity index (χ4n) is 4.39. The lowest BCUT2D eigenvalue weighted by Gasteiger charge is -2.28. The highest BCUT2D eigenvalue weighted by Crippen LogP contribution is 2.49. The molecular formula is C19H25N3OS. The molecular weight excluding hydrogens is 318 g/mol. The Kier molecular flexibility index (Phi) is 4.66. The number of likely N-dealkylation sites (tertiary alicyclic amines) is 1. The molecule has 3 heterocycles. The van der Waals surface area contributed by atoms with Crippen LogP contribution in [0.1, 0.15) is 35.7 Å². The Labute approximate surface area is 147 Å². The van der Waals surface area contributed by atoms with Crippen LogP contribution in [0.5, 0.6) is 0 Å². The van der Waals surface area contributed by atoms with E-state index in [1.807, 2.05) is 24.4 Å². The average molecular weight is 343 g/mol. The van der Waals surface area contributed by atoms with Crippen molar-refractivity contribution in [1.29, 1.82) is 0 Å². The summed E-state index contributed by atoms with van der Waals surface area (Å²) in [7, 11) is 0. The van der Waals surface area contributed by atoms with E-state index in [0.29, 0.717) is 12.0 Å². The minimum absolute atomic E-state index is 0.348. The number of hydrogen-bond donors (Lipinski definition) is 0. The Morgan fingerprint density at radius 1 is 1.42 bits per heavy atom. The Morgan fingerprint density at radius 3 is 3.17 bits per heavy atom. The summed E-state index contributed by atoms with van der Waals surface area (Å²) in [5.41, 5.74) is 2.51. The van der Waals surface area contributed by atoms with Gasteiger partial charge in [0.1, 0.15) is 5.01 Å². The van der Waals surface area contributed by atoms with Crippen molar-refractivity contribution in [2.45, 2.75) is 39.3 Å². The highest BCUT2D eigenvalue weighted by atomic mass is 32.1. The van der Waals surface area contributed by atoms with Crippen LogP contribution in [0.15, 0.2) is 29.8 Å². The molecule has 2 fully saturated rings. The lowest BCUT2D eigenvalue weighted by atomic mass is 9.81. The third-order valence-electron chi connectivity index (χ3n) is 5.50. The van der Waals surface area contributed by atoms with E-state index in [4.69, 9.17) is 4.74 Å². The second kappa shape index (κ2) is 6.90. The van der Waals surface area contributed by atoms with E-state index in [0.717, 1.165) is 37.0 Å². The van der Waals surface area contributed by atoms with Crippen molar-refractivity contribution in [2.75, 3.05) is 19.7 Å². The van der Waals surface area contributed by atoms with E-state index in [1.54, 1.807) is 11.3 Å². The van der Waals surface area contributed by atoms with Gasteiger partial charge in [0.15, 0.2) is 0 Å². The summed E-state index contributed by atoms with van der Waals surface area (Å²) >= 11 is 1.79. The fourth-order valence-corrected chi connectivity index (χ4v) is 5.20. The van der Waals surface area contributed by atoms with Crippen molar-refractivity contribution in [1.82, 2.24) is 14.9 Å². The van der Waals surface area contributed by atoms with Gasteiger partial charge in [0.25, 0.3) is 0 Å². The van der Waals surface area contributed by atoms with Crippen molar-refractivity contribution in [3.8, 4) is 0 Å². The van der Waals surface area contributed by atoms with E-state index >= 15 is 0 Å². The first-order valence-corrected chi connectivity index (χ1v) is 9.72.